The van der Waals surface area contributed by atoms with Crippen molar-refractivity contribution < 1.29 is 9.59 Å². The molecule has 0 unspecified atom stereocenters. The minimum atomic E-state index is -0.594. The highest BCUT2D eigenvalue weighted by Gasteiger charge is 2.39. The highest BCUT2D eigenvalue weighted by Crippen LogP contribution is 2.28. The first kappa shape index (κ1) is 15.6. The standard InChI is InChI=1S/C18H17ClN2O2/c1-11-7-8-13(9-12(11)2)21-17(22)10-16(18(21)23)20-15-6-4-3-5-14(15)19/h3-9,16,20H,10H2,1-2H3/t16-/m1/s1. The van der Waals surface area contributed by atoms with Crippen LogP contribution < -0.4 is 10.2 Å². The Labute approximate surface area is 140 Å². The molecule has 0 aliphatic carbocycles. The summed E-state index contributed by atoms with van der Waals surface area (Å²) in [4.78, 5) is 26.2. The molecule has 1 heterocycles. The van der Waals surface area contributed by atoms with E-state index in [2.05, 4.69) is 5.32 Å². The zero-order valence-electron chi connectivity index (χ0n) is 13.0. The molecule has 1 aliphatic heterocycles. The van der Waals surface area contributed by atoms with Gasteiger partial charge >= 0.3 is 0 Å². The summed E-state index contributed by atoms with van der Waals surface area (Å²) in [5, 5.41) is 3.60. The SMILES string of the molecule is Cc1ccc(N2C(=O)C[C@@H](Nc3ccccc3Cl)C2=O)cc1C. The van der Waals surface area contributed by atoms with Crippen molar-refractivity contribution >= 4 is 34.8 Å². The molecule has 1 atom stereocenters. The normalized spacial score (nSPS) is 17.7. The lowest BCUT2D eigenvalue weighted by Gasteiger charge is -2.17. The summed E-state index contributed by atoms with van der Waals surface area (Å²) in [6.45, 7) is 3.96. The fourth-order valence-corrected chi connectivity index (χ4v) is 2.84. The van der Waals surface area contributed by atoms with Gasteiger partial charge in [-0.25, -0.2) is 4.90 Å². The molecule has 3 rings (SSSR count). The number of anilines is 2. The topological polar surface area (TPSA) is 49.4 Å². The van der Waals surface area contributed by atoms with E-state index in [1.165, 1.54) is 4.90 Å². The van der Waals surface area contributed by atoms with Crippen LogP contribution in [0.25, 0.3) is 0 Å². The predicted octanol–water partition coefficient (Wildman–Crippen LogP) is 3.70. The zero-order chi connectivity index (χ0) is 16.6. The third-order valence-electron chi connectivity index (χ3n) is 4.10. The molecule has 0 spiro atoms. The van der Waals surface area contributed by atoms with Crippen LogP contribution in [-0.4, -0.2) is 17.9 Å². The van der Waals surface area contributed by atoms with Crippen molar-refractivity contribution in [2.45, 2.75) is 26.3 Å². The van der Waals surface area contributed by atoms with Crippen LogP contribution in [0.4, 0.5) is 11.4 Å². The molecule has 0 bridgehead atoms. The van der Waals surface area contributed by atoms with Gasteiger partial charge in [0, 0.05) is 0 Å². The van der Waals surface area contributed by atoms with Gasteiger partial charge in [-0.1, -0.05) is 29.8 Å². The quantitative estimate of drug-likeness (QED) is 0.874. The molecular weight excluding hydrogens is 312 g/mol. The predicted molar refractivity (Wildman–Crippen MR) is 91.9 cm³/mol. The van der Waals surface area contributed by atoms with E-state index in [1.807, 2.05) is 38.1 Å². The molecule has 1 N–H and O–H groups in total. The molecule has 2 aromatic carbocycles. The Morgan fingerprint density at radius 2 is 1.83 bits per heavy atom. The van der Waals surface area contributed by atoms with Gasteiger partial charge in [0.15, 0.2) is 0 Å². The third kappa shape index (κ3) is 2.94. The molecular formula is C18H17ClN2O2. The number of hydrogen-bond donors (Lipinski definition) is 1. The molecule has 5 heteroatoms. The summed E-state index contributed by atoms with van der Waals surface area (Å²) in [6, 6.07) is 12.2. The number of aryl methyl sites for hydroxylation is 2. The Bertz CT molecular complexity index is 788. The number of carbonyl (C=O) groups is 2. The molecule has 23 heavy (non-hydrogen) atoms. The maximum atomic E-state index is 12.6. The highest BCUT2D eigenvalue weighted by molar-refractivity contribution is 6.33. The Balaban J connectivity index is 1.85. The fourth-order valence-electron chi connectivity index (χ4n) is 2.65. The van der Waals surface area contributed by atoms with E-state index in [9.17, 15) is 9.59 Å². The lowest BCUT2D eigenvalue weighted by molar-refractivity contribution is -0.121. The Hall–Kier alpha value is -2.33. The number of amides is 2. The van der Waals surface area contributed by atoms with E-state index in [0.29, 0.717) is 16.4 Å². The van der Waals surface area contributed by atoms with Crippen molar-refractivity contribution in [2.75, 3.05) is 10.2 Å². The number of rotatable bonds is 3. The van der Waals surface area contributed by atoms with Crippen molar-refractivity contribution in [3.63, 3.8) is 0 Å². The van der Waals surface area contributed by atoms with Crippen LogP contribution in [0.3, 0.4) is 0 Å². The van der Waals surface area contributed by atoms with E-state index in [0.717, 1.165) is 11.1 Å². The van der Waals surface area contributed by atoms with Crippen molar-refractivity contribution in [1.82, 2.24) is 0 Å². The number of nitrogens with one attached hydrogen (secondary N) is 1. The summed E-state index contributed by atoms with van der Waals surface area (Å²) in [7, 11) is 0. The highest BCUT2D eigenvalue weighted by atomic mass is 35.5. The van der Waals surface area contributed by atoms with Gasteiger partial charge in [-0.15, -0.1) is 0 Å². The Kier molecular flexibility index (Phi) is 4.09. The van der Waals surface area contributed by atoms with E-state index < -0.39 is 6.04 Å². The summed E-state index contributed by atoms with van der Waals surface area (Å²) in [5.74, 6) is -0.457. The van der Waals surface area contributed by atoms with Crippen LogP contribution in [-0.2, 0) is 9.59 Å². The number of carbonyl (C=O) groups excluding carboxylic acids is 2. The molecule has 0 radical (unpaired) electrons. The monoisotopic (exact) mass is 328 g/mol. The molecule has 4 nitrogen and oxygen atoms in total. The molecule has 1 aliphatic rings. The first-order chi connectivity index (χ1) is 11.0. The largest absolute Gasteiger partial charge is 0.372 e. The molecule has 2 amide bonds. The van der Waals surface area contributed by atoms with Crippen molar-refractivity contribution in [1.29, 1.82) is 0 Å². The third-order valence-corrected chi connectivity index (χ3v) is 4.43. The second-order valence-electron chi connectivity index (χ2n) is 5.72. The number of benzene rings is 2. The first-order valence-electron chi connectivity index (χ1n) is 7.42. The van der Waals surface area contributed by atoms with Gasteiger partial charge in [0.25, 0.3) is 5.91 Å². The first-order valence-corrected chi connectivity index (χ1v) is 7.80. The number of halogens is 1. The molecule has 2 aromatic rings. The molecule has 118 valence electrons. The summed E-state index contributed by atoms with van der Waals surface area (Å²) < 4.78 is 0. The van der Waals surface area contributed by atoms with Gasteiger partial charge in [0.05, 0.1) is 22.8 Å². The van der Waals surface area contributed by atoms with Crippen LogP contribution in [0, 0.1) is 13.8 Å². The van der Waals surface area contributed by atoms with Gasteiger partial charge in [-0.3, -0.25) is 9.59 Å². The van der Waals surface area contributed by atoms with Gasteiger partial charge in [0.2, 0.25) is 5.91 Å². The minimum absolute atomic E-state index is 0.122. The van der Waals surface area contributed by atoms with Crippen molar-refractivity contribution in [3.05, 3.63) is 58.6 Å². The van der Waals surface area contributed by atoms with Gasteiger partial charge in [0.1, 0.15) is 6.04 Å². The summed E-state index contributed by atoms with van der Waals surface area (Å²) in [5.41, 5.74) is 3.44. The van der Waals surface area contributed by atoms with Gasteiger partial charge in [-0.05, 0) is 49.2 Å². The van der Waals surface area contributed by atoms with Gasteiger partial charge in [-0.2, -0.15) is 0 Å². The Morgan fingerprint density at radius 1 is 1.09 bits per heavy atom. The van der Waals surface area contributed by atoms with E-state index in [-0.39, 0.29) is 18.2 Å². The summed E-state index contributed by atoms with van der Waals surface area (Å²) >= 11 is 6.11. The number of nitrogens with zero attached hydrogens (tertiary/aromatic N) is 1. The maximum absolute atomic E-state index is 12.6. The molecule has 0 aromatic heterocycles. The second-order valence-corrected chi connectivity index (χ2v) is 6.12. The van der Waals surface area contributed by atoms with Crippen LogP contribution in [0.5, 0.6) is 0 Å². The van der Waals surface area contributed by atoms with Crippen molar-refractivity contribution in [2.24, 2.45) is 0 Å². The molecule has 1 saturated heterocycles. The van der Waals surface area contributed by atoms with E-state index in [4.69, 9.17) is 11.6 Å². The van der Waals surface area contributed by atoms with Crippen LogP contribution >= 0.6 is 11.6 Å². The zero-order valence-corrected chi connectivity index (χ0v) is 13.7. The van der Waals surface area contributed by atoms with E-state index in [1.54, 1.807) is 18.2 Å². The van der Waals surface area contributed by atoms with E-state index >= 15 is 0 Å². The fraction of sp³-hybridized carbons (Fsp3) is 0.222. The van der Waals surface area contributed by atoms with Crippen molar-refractivity contribution in [3.8, 4) is 0 Å². The van der Waals surface area contributed by atoms with Gasteiger partial charge < -0.3 is 5.32 Å². The smallest absolute Gasteiger partial charge is 0.256 e. The number of para-hydroxylation sites is 1. The molecule has 0 saturated carbocycles. The average Bonchev–Trinajstić information content (AvgIpc) is 2.79. The lowest BCUT2D eigenvalue weighted by Crippen LogP contribution is -2.34. The minimum Gasteiger partial charge on any atom is -0.372 e. The van der Waals surface area contributed by atoms with Crippen LogP contribution in [0.1, 0.15) is 17.5 Å². The Morgan fingerprint density at radius 3 is 2.52 bits per heavy atom. The number of imide groups is 1. The average molecular weight is 329 g/mol. The van der Waals surface area contributed by atoms with Crippen LogP contribution in [0.2, 0.25) is 5.02 Å². The maximum Gasteiger partial charge on any atom is 0.256 e. The number of hydrogen-bond acceptors (Lipinski definition) is 3. The van der Waals surface area contributed by atoms with Crippen LogP contribution in [0.15, 0.2) is 42.5 Å². The lowest BCUT2D eigenvalue weighted by atomic mass is 10.1. The second kappa shape index (κ2) is 6.05. The summed E-state index contributed by atoms with van der Waals surface area (Å²) in [6.07, 6.45) is 0.122. The molecule has 1 fully saturated rings.